The Morgan fingerprint density at radius 2 is 1.90 bits per heavy atom. The standard InChI is InChI=1S/C15H14ClF2NO2/c16-10-5-6-14(13(18)7-10)19-8-11(20)9-21-15-4-2-1-3-12(15)17/h1-7,11,19-20H,8-9H2. The number of hydrogen-bond donors (Lipinski definition) is 2. The molecule has 6 heteroatoms. The molecule has 2 N–H and O–H groups in total. The highest BCUT2D eigenvalue weighted by atomic mass is 35.5. The third kappa shape index (κ3) is 4.58. The highest BCUT2D eigenvalue weighted by molar-refractivity contribution is 6.30. The average molecular weight is 314 g/mol. The smallest absolute Gasteiger partial charge is 0.165 e. The van der Waals surface area contributed by atoms with Gasteiger partial charge in [0.25, 0.3) is 0 Å². The van der Waals surface area contributed by atoms with Crippen LogP contribution < -0.4 is 10.1 Å². The van der Waals surface area contributed by atoms with Gasteiger partial charge in [-0.3, -0.25) is 0 Å². The molecule has 0 fully saturated rings. The van der Waals surface area contributed by atoms with Crippen LogP contribution in [0.25, 0.3) is 0 Å². The molecule has 21 heavy (non-hydrogen) atoms. The molecule has 112 valence electrons. The molecule has 0 heterocycles. The molecule has 0 aromatic heterocycles. The molecule has 2 rings (SSSR count). The van der Waals surface area contributed by atoms with Gasteiger partial charge >= 0.3 is 0 Å². The molecule has 0 aliphatic rings. The van der Waals surface area contributed by atoms with Crippen molar-refractivity contribution in [2.45, 2.75) is 6.10 Å². The summed E-state index contributed by atoms with van der Waals surface area (Å²) in [6.45, 7) is -0.0455. The highest BCUT2D eigenvalue weighted by Gasteiger charge is 2.09. The summed E-state index contributed by atoms with van der Waals surface area (Å²) in [5.41, 5.74) is 0.226. The average Bonchev–Trinajstić information content (AvgIpc) is 2.45. The molecule has 1 unspecified atom stereocenters. The Kier molecular flexibility index (Phi) is 5.36. The summed E-state index contributed by atoms with van der Waals surface area (Å²) in [5.74, 6) is -0.944. The molecule has 2 aromatic rings. The molecule has 0 radical (unpaired) electrons. The third-order valence-corrected chi connectivity index (χ3v) is 2.96. The number of rotatable bonds is 6. The van der Waals surface area contributed by atoms with E-state index in [-0.39, 0.29) is 24.6 Å². The minimum atomic E-state index is -0.917. The molecule has 2 aromatic carbocycles. The minimum absolute atomic E-state index is 0.0625. The maximum Gasteiger partial charge on any atom is 0.165 e. The van der Waals surface area contributed by atoms with Crippen molar-refractivity contribution in [1.82, 2.24) is 0 Å². The number of nitrogens with one attached hydrogen (secondary N) is 1. The van der Waals surface area contributed by atoms with E-state index in [1.54, 1.807) is 12.1 Å². The first-order chi connectivity index (χ1) is 10.1. The minimum Gasteiger partial charge on any atom is -0.488 e. The van der Waals surface area contributed by atoms with E-state index in [4.69, 9.17) is 16.3 Å². The molecule has 0 aliphatic heterocycles. The number of benzene rings is 2. The second-order valence-corrected chi connectivity index (χ2v) is 4.84. The van der Waals surface area contributed by atoms with Crippen molar-refractivity contribution in [3.63, 3.8) is 0 Å². The number of hydrogen-bond acceptors (Lipinski definition) is 3. The van der Waals surface area contributed by atoms with Crippen LogP contribution in [0.3, 0.4) is 0 Å². The predicted octanol–water partition coefficient (Wildman–Crippen LogP) is 3.47. The summed E-state index contributed by atoms with van der Waals surface area (Å²) in [7, 11) is 0. The Bertz CT molecular complexity index is 610. The lowest BCUT2D eigenvalue weighted by Crippen LogP contribution is -2.26. The van der Waals surface area contributed by atoms with Crippen LogP contribution in [0.15, 0.2) is 42.5 Å². The van der Waals surface area contributed by atoms with Crippen molar-refractivity contribution in [3.8, 4) is 5.75 Å². The van der Waals surface area contributed by atoms with E-state index in [1.807, 2.05) is 0 Å². The lowest BCUT2D eigenvalue weighted by Gasteiger charge is -2.14. The van der Waals surface area contributed by atoms with Gasteiger partial charge in [-0.15, -0.1) is 0 Å². The van der Waals surface area contributed by atoms with Crippen LogP contribution in [-0.4, -0.2) is 24.4 Å². The maximum atomic E-state index is 13.5. The second kappa shape index (κ2) is 7.24. The monoisotopic (exact) mass is 313 g/mol. The summed E-state index contributed by atoms with van der Waals surface area (Å²) >= 11 is 5.64. The first-order valence-corrected chi connectivity index (χ1v) is 6.68. The van der Waals surface area contributed by atoms with Crippen molar-refractivity contribution in [2.24, 2.45) is 0 Å². The summed E-state index contributed by atoms with van der Waals surface area (Å²) in [5, 5.41) is 12.8. The fraction of sp³-hybridized carbons (Fsp3) is 0.200. The van der Waals surface area contributed by atoms with Gasteiger partial charge in [0.05, 0.1) is 5.69 Å². The van der Waals surface area contributed by atoms with Crippen molar-refractivity contribution >= 4 is 17.3 Å². The summed E-state index contributed by atoms with van der Waals surface area (Å²) in [4.78, 5) is 0. The topological polar surface area (TPSA) is 41.5 Å². The Hall–Kier alpha value is -1.85. The van der Waals surface area contributed by atoms with Crippen molar-refractivity contribution < 1.29 is 18.6 Å². The summed E-state index contributed by atoms with van der Waals surface area (Å²) in [6.07, 6.45) is -0.917. The Morgan fingerprint density at radius 3 is 2.62 bits per heavy atom. The molecule has 0 spiro atoms. The molecule has 0 amide bonds. The zero-order valence-corrected chi connectivity index (χ0v) is 11.8. The van der Waals surface area contributed by atoms with E-state index in [2.05, 4.69) is 5.32 Å². The van der Waals surface area contributed by atoms with Crippen LogP contribution in [0, 0.1) is 11.6 Å². The number of ether oxygens (including phenoxy) is 1. The van der Waals surface area contributed by atoms with Gasteiger partial charge in [-0.05, 0) is 30.3 Å². The van der Waals surface area contributed by atoms with Crippen molar-refractivity contribution in [1.29, 1.82) is 0 Å². The summed E-state index contributed by atoms with van der Waals surface area (Å²) in [6, 6.07) is 10.1. The van der Waals surface area contributed by atoms with E-state index in [0.717, 1.165) is 0 Å². The zero-order valence-electron chi connectivity index (χ0n) is 11.0. The van der Waals surface area contributed by atoms with Gasteiger partial charge in [-0.25, -0.2) is 8.78 Å². The Balaban J connectivity index is 1.82. The lowest BCUT2D eigenvalue weighted by atomic mass is 10.3. The van der Waals surface area contributed by atoms with Crippen LogP contribution >= 0.6 is 11.6 Å². The Labute approximate surface area is 126 Å². The molecular weight excluding hydrogens is 300 g/mol. The van der Waals surface area contributed by atoms with Crippen molar-refractivity contribution in [3.05, 3.63) is 59.1 Å². The van der Waals surface area contributed by atoms with Crippen LogP contribution in [0.5, 0.6) is 5.75 Å². The zero-order chi connectivity index (χ0) is 15.2. The SMILES string of the molecule is OC(CNc1ccc(Cl)cc1F)COc1ccccc1F. The molecule has 1 atom stereocenters. The van der Waals surface area contributed by atoms with Gasteiger partial charge < -0.3 is 15.2 Å². The third-order valence-electron chi connectivity index (χ3n) is 2.73. The first kappa shape index (κ1) is 15.5. The van der Waals surface area contributed by atoms with Gasteiger partial charge in [-0.1, -0.05) is 23.7 Å². The number of para-hydroxylation sites is 1. The van der Waals surface area contributed by atoms with Crippen molar-refractivity contribution in [2.75, 3.05) is 18.5 Å². The van der Waals surface area contributed by atoms with E-state index < -0.39 is 17.7 Å². The molecule has 0 saturated heterocycles. The van der Waals surface area contributed by atoms with Gasteiger partial charge in [0.1, 0.15) is 18.5 Å². The fourth-order valence-corrected chi connectivity index (χ4v) is 1.83. The largest absolute Gasteiger partial charge is 0.488 e. The predicted molar refractivity (Wildman–Crippen MR) is 77.8 cm³/mol. The molecule has 0 aliphatic carbocycles. The van der Waals surface area contributed by atoms with E-state index in [9.17, 15) is 13.9 Å². The van der Waals surface area contributed by atoms with Crippen LogP contribution in [0.4, 0.5) is 14.5 Å². The quantitative estimate of drug-likeness (QED) is 0.858. The normalized spacial score (nSPS) is 12.0. The van der Waals surface area contributed by atoms with Gasteiger partial charge in [0, 0.05) is 11.6 Å². The molecular formula is C15H14ClF2NO2. The van der Waals surface area contributed by atoms with Gasteiger partial charge in [-0.2, -0.15) is 0 Å². The van der Waals surface area contributed by atoms with Gasteiger partial charge in [0.2, 0.25) is 0 Å². The van der Waals surface area contributed by atoms with Gasteiger partial charge in [0.15, 0.2) is 11.6 Å². The van der Waals surface area contributed by atoms with E-state index in [0.29, 0.717) is 5.02 Å². The van der Waals surface area contributed by atoms with E-state index >= 15 is 0 Å². The number of aliphatic hydroxyl groups excluding tert-OH is 1. The second-order valence-electron chi connectivity index (χ2n) is 4.40. The maximum absolute atomic E-state index is 13.5. The first-order valence-electron chi connectivity index (χ1n) is 6.30. The van der Waals surface area contributed by atoms with Crippen LogP contribution in [-0.2, 0) is 0 Å². The number of aliphatic hydroxyl groups is 1. The van der Waals surface area contributed by atoms with E-state index in [1.165, 1.54) is 30.3 Å². The van der Waals surface area contributed by atoms with Crippen LogP contribution in [0.2, 0.25) is 5.02 Å². The molecule has 0 bridgehead atoms. The Morgan fingerprint density at radius 1 is 1.14 bits per heavy atom. The lowest BCUT2D eigenvalue weighted by molar-refractivity contribution is 0.115. The highest BCUT2D eigenvalue weighted by Crippen LogP contribution is 2.19. The number of halogens is 3. The molecule has 0 saturated carbocycles. The molecule has 3 nitrogen and oxygen atoms in total. The fourth-order valence-electron chi connectivity index (χ4n) is 1.67. The van der Waals surface area contributed by atoms with Crippen LogP contribution in [0.1, 0.15) is 0 Å². The summed E-state index contributed by atoms with van der Waals surface area (Å²) < 4.78 is 31.9. The number of anilines is 1.